The van der Waals surface area contributed by atoms with Crippen LogP contribution >= 0.6 is 0 Å². The Bertz CT molecular complexity index is 1150. The minimum atomic E-state index is -4.75. The maximum absolute atomic E-state index is 12.4. The van der Waals surface area contributed by atoms with E-state index in [1.54, 1.807) is 6.20 Å². The minimum Gasteiger partial charge on any atom is -0.489 e. The predicted molar refractivity (Wildman–Crippen MR) is 121 cm³/mol. The molecule has 6 nitrogen and oxygen atoms in total. The molecule has 0 aliphatic carbocycles. The number of rotatable bonds is 10. The molecule has 0 saturated heterocycles. The lowest BCUT2D eigenvalue weighted by Gasteiger charge is -2.15. The van der Waals surface area contributed by atoms with Gasteiger partial charge in [0.1, 0.15) is 23.9 Å². The van der Waals surface area contributed by atoms with Gasteiger partial charge in [-0.1, -0.05) is 23.8 Å². The molecule has 3 aromatic rings. The lowest BCUT2D eigenvalue weighted by molar-refractivity contribution is -0.274. The summed E-state index contributed by atoms with van der Waals surface area (Å²) in [5.74, 6) is 0.151. The van der Waals surface area contributed by atoms with E-state index in [1.165, 1.54) is 24.3 Å². The lowest BCUT2D eigenvalue weighted by Crippen LogP contribution is -2.17. The zero-order valence-corrected chi connectivity index (χ0v) is 18.8. The van der Waals surface area contributed by atoms with Crippen LogP contribution in [0.25, 0.3) is 11.4 Å². The number of para-hydroxylation sites is 1. The SMILES string of the molecule is CC(=CCOc1ccccc1Cn1c(C)cnc1-c1ccc(OC(F)(F)F)cc1)CCC(=O)O. The highest BCUT2D eigenvalue weighted by atomic mass is 19.4. The minimum absolute atomic E-state index is 0.0743. The molecule has 9 heteroatoms. The second-order valence-corrected chi connectivity index (χ2v) is 7.74. The molecule has 0 atom stereocenters. The standard InChI is InChI=1S/C25H25F3N2O4/c1-17(7-12-23(31)32)13-14-33-22-6-4-3-5-20(22)16-30-18(2)15-29-24(30)19-8-10-21(11-9-19)34-25(26,27)28/h3-6,8-11,13,15H,7,12,14,16H2,1-2H3,(H,31,32). The molecule has 180 valence electrons. The molecule has 0 bridgehead atoms. The summed E-state index contributed by atoms with van der Waals surface area (Å²) in [5, 5.41) is 8.79. The van der Waals surface area contributed by atoms with Crippen LogP contribution in [0.15, 0.2) is 66.4 Å². The van der Waals surface area contributed by atoms with Crippen molar-refractivity contribution in [3.05, 3.63) is 77.6 Å². The number of alkyl halides is 3. The zero-order valence-electron chi connectivity index (χ0n) is 18.8. The Kier molecular flexibility index (Phi) is 7.99. The summed E-state index contributed by atoms with van der Waals surface area (Å²) in [6, 6.07) is 13.1. The summed E-state index contributed by atoms with van der Waals surface area (Å²) < 4.78 is 49.1. The van der Waals surface area contributed by atoms with Gasteiger partial charge in [-0.05, 0) is 56.7 Å². The number of aromatic nitrogens is 2. The highest BCUT2D eigenvalue weighted by molar-refractivity contribution is 5.67. The number of carboxylic acid groups (broad SMARTS) is 1. The van der Waals surface area contributed by atoms with Crippen molar-refractivity contribution in [3.63, 3.8) is 0 Å². The third-order valence-electron chi connectivity index (χ3n) is 5.11. The van der Waals surface area contributed by atoms with E-state index in [9.17, 15) is 18.0 Å². The average molecular weight is 474 g/mol. The van der Waals surface area contributed by atoms with Crippen molar-refractivity contribution in [2.24, 2.45) is 0 Å². The topological polar surface area (TPSA) is 73.6 Å². The number of hydrogen-bond acceptors (Lipinski definition) is 4. The molecular formula is C25H25F3N2O4. The fourth-order valence-electron chi connectivity index (χ4n) is 3.32. The molecule has 0 amide bonds. The largest absolute Gasteiger partial charge is 0.573 e. The summed E-state index contributed by atoms with van der Waals surface area (Å²) in [7, 11) is 0. The molecule has 0 radical (unpaired) electrons. The van der Waals surface area contributed by atoms with Crippen molar-refractivity contribution < 1.29 is 32.5 Å². The van der Waals surface area contributed by atoms with E-state index >= 15 is 0 Å². The number of ether oxygens (including phenoxy) is 2. The Morgan fingerprint density at radius 1 is 1.12 bits per heavy atom. The van der Waals surface area contributed by atoms with Gasteiger partial charge in [0.2, 0.25) is 0 Å². The molecule has 2 aromatic carbocycles. The molecule has 0 spiro atoms. The highest BCUT2D eigenvalue weighted by Crippen LogP contribution is 2.28. The molecule has 34 heavy (non-hydrogen) atoms. The summed E-state index contributed by atoms with van der Waals surface area (Å²) in [4.78, 5) is 15.1. The van der Waals surface area contributed by atoms with Crippen LogP contribution in [0.4, 0.5) is 13.2 Å². The van der Waals surface area contributed by atoms with Gasteiger partial charge in [0.15, 0.2) is 0 Å². The highest BCUT2D eigenvalue weighted by Gasteiger charge is 2.31. The van der Waals surface area contributed by atoms with Gasteiger partial charge in [-0.3, -0.25) is 4.79 Å². The van der Waals surface area contributed by atoms with Gasteiger partial charge >= 0.3 is 12.3 Å². The Labute approximate surface area is 195 Å². The van der Waals surface area contributed by atoms with E-state index in [2.05, 4.69) is 9.72 Å². The molecule has 0 saturated carbocycles. The summed E-state index contributed by atoms with van der Waals surface area (Å²) >= 11 is 0. The number of halogens is 3. The zero-order chi connectivity index (χ0) is 24.7. The van der Waals surface area contributed by atoms with Gasteiger partial charge < -0.3 is 19.1 Å². The number of benzene rings is 2. The Morgan fingerprint density at radius 3 is 2.50 bits per heavy atom. The maximum atomic E-state index is 12.4. The number of nitrogens with zero attached hydrogens (tertiary/aromatic N) is 2. The van der Waals surface area contributed by atoms with Crippen molar-refractivity contribution in [2.75, 3.05) is 6.61 Å². The van der Waals surface area contributed by atoms with Crippen LogP contribution in [0.2, 0.25) is 0 Å². The van der Waals surface area contributed by atoms with Crippen LogP contribution in [0, 0.1) is 6.92 Å². The van der Waals surface area contributed by atoms with Gasteiger partial charge in [-0.2, -0.15) is 0 Å². The van der Waals surface area contributed by atoms with Gasteiger partial charge in [0.05, 0.1) is 6.54 Å². The summed E-state index contributed by atoms with van der Waals surface area (Å²) in [6.45, 7) is 4.51. The van der Waals surface area contributed by atoms with Gasteiger partial charge in [0.25, 0.3) is 0 Å². The molecule has 0 unspecified atom stereocenters. The number of hydrogen-bond donors (Lipinski definition) is 1. The molecule has 0 aliphatic rings. The van der Waals surface area contributed by atoms with Gasteiger partial charge in [-0.15, -0.1) is 13.2 Å². The Balaban J connectivity index is 1.75. The quantitative estimate of drug-likeness (QED) is 0.365. The molecule has 1 N–H and O–H groups in total. The third-order valence-corrected chi connectivity index (χ3v) is 5.11. The Morgan fingerprint density at radius 2 is 1.82 bits per heavy atom. The fourth-order valence-corrected chi connectivity index (χ4v) is 3.32. The number of allylic oxidation sites excluding steroid dienone is 1. The van der Waals surface area contributed by atoms with Crippen LogP contribution in [-0.4, -0.2) is 33.6 Å². The van der Waals surface area contributed by atoms with E-state index in [0.717, 1.165) is 16.8 Å². The van der Waals surface area contributed by atoms with E-state index in [4.69, 9.17) is 9.84 Å². The second kappa shape index (κ2) is 10.9. The van der Waals surface area contributed by atoms with Crippen molar-refractivity contribution in [3.8, 4) is 22.9 Å². The van der Waals surface area contributed by atoms with Gasteiger partial charge in [-0.25, -0.2) is 4.98 Å². The third kappa shape index (κ3) is 7.13. The molecule has 1 aromatic heterocycles. The second-order valence-electron chi connectivity index (χ2n) is 7.74. The van der Waals surface area contributed by atoms with Crippen molar-refractivity contribution in [1.29, 1.82) is 0 Å². The first-order valence-electron chi connectivity index (χ1n) is 10.6. The van der Waals surface area contributed by atoms with Crippen molar-refractivity contribution in [2.45, 2.75) is 39.6 Å². The predicted octanol–water partition coefficient (Wildman–Crippen LogP) is 6.00. The van der Waals surface area contributed by atoms with Crippen molar-refractivity contribution in [1.82, 2.24) is 9.55 Å². The van der Waals surface area contributed by atoms with Crippen LogP contribution in [0.3, 0.4) is 0 Å². The molecule has 3 rings (SSSR count). The number of imidazole rings is 1. The van der Waals surface area contributed by atoms with Crippen LogP contribution in [-0.2, 0) is 11.3 Å². The van der Waals surface area contributed by atoms with E-state index < -0.39 is 12.3 Å². The number of aliphatic carboxylic acids is 1. The molecule has 0 aliphatic heterocycles. The average Bonchev–Trinajstić information content (AvgIpc) is 3.13. The van der Waals surface area contributed by atoms with E-state index in [1.807, 2.05) is 48.8 Å². The molecule has 1 heterocycles. The number of carbonyl (C=O) groups is 1. The number of carboxylic acids is 1. The molecule has 0 fully saturated rings. The smallest absolute Gasteiger partial charge is 0.489 e. The fraction of sp³-hybridized carbons (Fsp3) is 0.280. The first-order chi connectivity index (χ1) is 16.1. The summed E-state index contributed by atoms with van der Waals surface area (Å²) in [5.41, 5.74) is 3.37. The van der Waals surface area contributed by atoms with E-state index in [-0.39, 0.29) is 12.2 Å². The van der Waals surface area contributed by atoms with Crippen LogP contribution < -0.4 is 9.47 Å². The Hall–Kier alpha value is -3.75. The first-order valence-corrected chi connectivity index (χ1v) is 10.6. The summed E-state index contributed by atoms with van der Waals surface area (Å²) in [6.07, 6.45) is -0.647. The van der Waals surface area contributed by atoms with Gasteiger partial charge in [0, 0.05) is 29.4 Å². The molecular weight excluding hydrogens is 449 g/mol. The number of aryl methyl sites for hydroxylation is 1. The van der Waals surface area contributed by atoms with Crippen LogP contribution in [0.5, 0.6) is 11.5 Å². The monoisotopic (exact) mass is 474 g/mol. The first kappa shape index (κ1) is 24.9. The normalized spacial score (nSPS) is 12.0. The van der Waals surface area contributed by atoms with Crippen LogP contribution in [0.1, 0.15) is 31.0 Å². The van der Waals surface area contributed by atoms with Crippen molar-refractivity contribution >= 4 is 5.97 Å². The lowest BCUT2D eigenvalue weighted by atomic mass is 10.1. The van der Waals surface area contributed by atoms with E-state index in [0.29, 0.717) is 36.7 Å². The maximum Gasteiger partial charge on any atom is 0.573 e.